The Morgan fingerprint density at radius 3 is 2.78 bits per heavy atom. The van der Waals surface area contributed by atoms with E-state index in [1.165, 1.54) is 0 Å². The second-order valence-electron chi connectivity index (χ2n) is 9.38. The van der Waals surface area contributed by atoms with Gasteiger partial charge in [0.15, 0.2) is 5.82 Å². The van der Waals surface area contributed by atoms with Gasteiger partial charge in [-0.3, -0.25) is 20.0 Å². The lowest BCUT2D eigenvalue weighted by Gasteiger charge is -2.15. The van der Waals surface area contributed by atoms with Crippen LogP contribution in [-0.2, 0) is 6.54 Å². The van der Waals surface area contributed by atoms with Crippen LogP contribution >= 0.6 is 11.3 Å². The molecule has 0 saturated carbocycles. The lowest BCUT2D eigenvalue weighted by molar-refractivity contribution is 0.0115. The number of halogens is 2. The number of imidazole rings is 1. The van der Waals surface area contributed by atoms with Gasteiger partial charge in [0, 0.05) is 60.0 Å². The quantitative estimate of drug-likeness (QED) is 0.290. The van der Waals surface area contributed by atoms with Crippen molar-refractivity contribution in [1.82, 2.24) is 35.0 Å². The molecule has 10 heteroatoms. The zero-order valence-corrected chi connectivity index (χ0v) is 20.4. The van der Waals surface area contributed by atoms with E-state index >= 15 is 0 Å². The molecule has 0 bridgehead atoms. The van der Waals surface area contributed by atoms with Gasteiger partial charge in [-0.25, -0.2) is 13.8 Å². The van der Waals surface area contributed by atoms with E-state index in [4.69, 9.17) is 4.98 Å². The normalized spacial score (nSPS) is 15.7. The predicted octanol–water partition coefficient (Wildman–Crippen LogP) is 6.13. The summed E-state index contributed by atoms with van der Waals surface area (Å²) < 4.78 is 27.2. The van der Waals surface area contributed by atoms with Gasteiger partial charge in [-0.1, -0.05) is 6.07 Å². The monoisotopic (exact) mass is 513 g/mol. The van der Waals surface area contributed by atoms with Crippen LogP contribution in [0.25, 0.3) is 55.8 Å². The number of nitrogens with one attached hydrogen (secondary N) is 2. The van der Waals surface area contributed by atoms with Gasteiger partial charge in [-0.05, 0) is 46.8 Å². The van der Waals surface area contributed by atoms with E-state index in [9.17, 15) is 8.78 Å². The molecule has 7 nitrogen and oxygen atoms in total. The van der Waals surface area contributed by atoms with Crippen molar-refractivity contribution in [3.05, 3.63) is 71.3 Å². The molecule has 6 heterocycles. The fourth-order valence-corrected chi connectivity index (χ4v) is 5.60. The van der Waals surface area contributed by atoms with E-state index in [0.29, 0.717) is 24.6 Å². The van der Waals surface area contributed by atoms with Crippen LogP contribution in [0.5, 0.6) is 0 Å². The highest BCUT2D eigenvalue weighted by Crippen LogP contribution is 2.33. The lowest BCUT2D eigenvalue weighted by atomic mass is 10.0. The summed E-state index contributed by atoms with van der Waals surface area (Å²) in [5, 5.41) is 12.7. The Morgan fingerprint density at radius 1 is 1.00 bits per heavy atom. The maximum absolute atomic E-state index is 13.6. The number of fused-ring (bicyclic) bond motifs is 2. The number of alkyl halides is 2. The van der Waals surface area contributed by atoms with Crippen molar-refractivity contribution >= 4 is 33.3 Å². The molecule has 184 valence electrons. The number of rotatable bonds is 5. The summed E-state index contributed by atoms with van der Waals surface area (Å²) in [4.78, 5) is 19.0. The Morgan fingerprint density at radius 2 is 1.95 bits per heavy atom. The van der Waals surface area contributed by atoms with Gasteiger partial charge in [0.05, 0.1) is 23.3 Å². The number of aromatic nitrogens is 6. The summed E-state index contributed by atoms with van der Waals surface area (Å²) in [6.45, 7) is 0.639. The van der Waals surface area contributed by atoms with Crippen LogP contribution in [0.2, 0.25) is 0 Å². The third kappa shape index (κ3) is 4.08. The first-order valence-electron chi connectivity index (χ1n) is 11.9. The maximum Gasteiger partial charge on any atom is 0.261 e. The first kappa shape index (κ1) is 22.2. The molecule has 7 rings (SSSR count). The van der Waals surface area contributed by atoms with Crippen molar-refractivity contribution in [1.29, 1.82) is 0 Å². The third-order valence-electron chi connectivity index (χ3n) is 6.77. The zero-order chi connectivity index (χ0) is 25.0. The summed E-state index contributed by atoms with van der Waals surface area (Å²) in [5.41, 5.74) is 7.96. The molecule has 1 aliphatic heterocycles. The van der Waals surface area contributed by atoms with Gasteiger partial charge < -0.3 is 4.98 Å². The number of pyridine rings is 2. The second kappa shape index (κ2) is 8.53. The summed E-state index contributed by atoms with van der Waals surface area (Å²) in [5.74, 6) is -1.95. The lowest BCUT2D eigenvalue weighted by Crippen LogP contribution is -2.24. The van der Waals surface area contributed by atoms with Gasteiger partial charge in [0.1, 0.15) is 11.2 Å². The summed E-state index contributed by atoms with van der Waals surface area (Å²) in [7, 11) is 0. The average Bonchev–Trinajstić information content (AvgIpc) is 3.69. The van der Waals surface area contributed by atoms with E-state index in [-0.39, 0.29) is 13.0 Å². The zero-order valence-electron chi connectivity index (χ0n) is 19.6. The molecule has 1 aliphatic rings. The number of thiophene rings is 1. The molecule has 0 spiro atoms. The first-order chi connectivity index (χ1) is 18.0. The molecule has 6 aromatic rings. The average molecular weight is 514 g/mol. The highest BCUT2D eigenvalue weighted by molar-refractivity contribution is 7.08. The van der Waals surface area contributed by atoms with E-state index in [0.717, 1.165) is 49.9 Å². The number of hydrogen-bond donors (Lipinski definition) is 2. The second-order valence-corrected chi connectivity index (χ2v) is 10.2. The van der Waals surface area contributed by atoms with Crippen molar-refractivity contribution in [3.63, 3.8) is 0 Å². The third-order valence-corrected chi connectivity index (χ3v) is 7.45. The van der Waals surface area contributed by atoms with E-state index in [1.807, 2.05) is 35.7 Å². The van der Waals surface area contributed by atoms with Crippen molar-refractivity contribution in [3.8, 4) is 33.9 Å². The molecule has 0 radical (unpaired) electrons. The van der Waals surface area contributed by atoms with Crippen molar-refractivity contribution in [2.75, 3.05) is 13.1 Å². The van der Waals surface area contributed by atoms with Crippen molar-refractivity contribution < 1.29 is 8.78 Å². The number of aromatic amines is 2. The van der Waals surface area contributed by atoms with Crippen molar-refractivity contribution in [2.24, 2.45) is 0 Å². The standard InChI is InChI=1S/C27H21F2N7S/c28-27(29)5-7-36(15-27)13-16-9-19(12-30-11-16)17-1-2-21-20(10-17)24(35-34-21)26-32-22-3-6-31-23(25(22)33-26)18-4-8-37-14-18/h1-4,6,8-12,14H,5,7,13,15H2,(H,32,33)(H,34,35). The van der Waals surface area contributed by atoms with Gasteiger partial charge in [0.2, 0.25) is 0 Å². The van der Waals surface area contributed by atoms with Gasteiger partial charge in [-0.2, -0.15) is 16.4 Å². The number of H-pyrrole nitrogens is 2. The predicted molar refractivity (Wildman–Crippen MR) is 140 cm³/mol. The molecule has 0 aliphatic carbocycles. The maximum atomic E-state index is 13.6. The van der Waals surface area contributed by atoms with E-state index in [1.54, 1.807) is 34.8 Å². The van der Waals surface area contributed by atoms with Gasteiger partial charge in [0.25, 0.3) is 5.92 Å². The SMILES string of the molecule is FC1(F)CCN(Cc2cncc(-c3ccc4[nH]nc(-c5nc6c(-c7ccsc7)nccc6[nH]5)c4c3)c2)C1. The van der Waals surface area contributed by atoms with E-state index in [2.05, 4.69) is 36.6 Å². The molecular weight excluding hydrogens is 492 g/mol. The largest absolute Gasteiger partial charge is 0.336 e. The molecule has 2 N–H and O–H groups in total. The summed E-state index contributed by atoms with van der Waals surface area (Å²) in [6, 6.07) is 12.0. The fourth-order valence-electron chi connectivity index (χ4n) is 4.96. The molecule has 1 saturated heterocycles. The molecule has 5 aromatic heterocycles. The van der Waals surface area contributed by atoms with E-state index < -0.39 is 5.92 Å². The molecule has 0 atom stereocenters. The smallest absolute Gasteiger partial charge is 0.261 e. The number of benzene rings is 1. The fraction of sp³-hybridized carbons (Fsp3) is 0.185. The Kier molecular flexibility index (Phi) is 5.12. The first-order valence-corrected chi connectivity index (χ1v) is 12.9. The molecule has 0 amide bonds. The van der Waals surface area contributed by atoms with Crippen molar-refractivity contribution in [2.45, 2.75) is 18.9 Å². The Bertz CT molecular complexity index is 1740. The Balaban J connectivity index is 1.24. The molecule has 1 aromatic carbocycles. The number of likely N-dealkylation sites (tertiary alicyclic amines) is 1. The van der Waals surface area contributed by atoms with Crippen LogP contribution in [-0.4, -0.2) is 54.0 Å². The van der Waals surface area contributed by atoms with Crippen LogP contribution in [0.4, 0.5) is 8.78 Å². The summed E-state index contributed by atoms with van der Waals surface area (Å²) in [6.07, 6.45) is 5.23. The molecular formula is C27H21F2N7S. The molecule has 1 fully saturated rings. The minimum absolute atomic E-state index is 0.0906. The Hall–Kier alpha value is -4.02. The minimum atomic E-state index is -2.61. The van der Waals surface area contributed by atoms with Crippen LogP contribution < -0.4 is 0 Å². The highest BCUT2D eigenvalue weighted by atomic mass is 32.1. The van der Waals surface area contributed by atoms with Gasteiger partial charge >= 0.3 is 0 Å². The highest BCUT2D eigenvalue weighted by Gasteiger charge is 2.37. The van der Waals surface area contributed by atoms with Crippen LogP contribution in [0.1, 0.15) is 12.0 Å². The molecule has 37 heavy (non-hydrogen) atoms. The molecule has 0 unspecified atom stereocenters. The summed E-state index contributed by atoms with van der Waals surface area (Å²) >= 11 is 1.62. The minimum Gasteiger partial charge on any atom is -0.336 e. The topological polar surface area (TPSA) is 86.4 Å². The Labute approximate surface area is 214 Å². The number of nitrogens with zero attached hydrogens (tertiary/aromatic N) is 5. The number of hydrogen-bond acceptors (Lipinski definition) is 6. The van der Waals surface area contributed by atoms with Crippen LogP contribution in [0, 0.1) is 0 Å². The van der Waals surface area contributed by atoms with Gasteiger partial charge in [-0.15, -0.1) is 0 Å². The van der Waals surface area contributed by atoms with Crippen LogP contribution in [0.15, 0.2) is 65.7 Å². The van der Waals surface area contributed by atoms with Crippen LogP contribution in [0.3, 0.4) is 0 Å².